The van der Waals surface area contributed by atoms with Crippen molar-refractivity contribution in [3.63, 3.8) is 0 Å². The molecule has 9 nitrogen and oxygen atoms in total. The van der Waals surface area contributed by atoms with Gasteiger partial charge in [0.1, 0.15) is 11.5 Å². The van der Waals surface area contributed by atoms with Crippen LogP contribution in [0.1, 0.15) is 36.6 Å². The molecule has 0 radical (unpaired) electrons. The molecule has 204 valence electrons. The molecule has 0 saturated carbocycles. The lowest BCUT2D eigenvalue weighted by Crippen LogP contribution is -2.42. The average Bonchev–Trinajstić information content (AvgIpc) is 3.16. The third kappa shape index (κ3) is 5.79. The van der Waals surface area contributed by atoms with E-state index in [2.05, 4.69) is 18.7 Å². The number of aromatic hydroxyl groups is 1. The molecule has 2 aliphatic rings. The fourth-order valence-corrected chi connectivity index (χ4v) is 4.80. The fraction of sp³-hybridized carbons (Fsp3) is 0.448. The van der Waals surface area contributed by atoms with Crippen molar-refractivity contribution >= 4 is 17.4 Å². The lowest BCUT2D eigenvalue weighted by atomic mass is 9.93. The highest BCUT2D eigenvalue weighted by atomic mass is 16.5. The standard InChI is InChI=1S/C29H36N2O7/c1-18(2)17-38-21-6-7-22(19(3)15-21)27(33)25-26(20-5-8-23(32)24(16-20)36-4)31(29(35)28(25)34)10-9-30-11-13-37-14-12-30/h5-8,15-16,18,26,32-33H,9-14,17H2,1-4H3/t26-/m1/s1. The van der Waals surface area contributed by atoms with Gasteiger partial charge in [-0.25, -0.2) is 0 Å². The van der Waals surface area contributed by atoms with E-state index in [0.29, 0.717) is 54.7 Å². The molecule has 0 aliphatic carbocycles. The van der Waals surface area contributed by atoms with Gasteiger partial charge >= 0.3 is 0 Å². The zero-order valence-electron chi connectivity index (χ0n) is 22.4. The summed E-state index contributed by atoms with van der Waals surface area (Å²) in [6, 6.07) is 9.11. The number of phenols is 1. The maximum Gasteiger partial charge on any atom is 0.295 e. The molecule has 38 heavy (non-hydrogen) atoms. The first-order valence-corrected chi connectivity index (χ1v) is 12.9. The fourth-order valence-electron chi connectivity index (χ4n) is 4.80. The molecule has 2 saturated heterocycles. The molecule has 2 fully saturated rings. The van der Waals surface area contributed by atoms with Crippen LogP contribution in [0.4, 0.5) is 0 Å². The van der Waals surface area contributed by atoms with Crippen LogP contribution in [0, 0.1) is 12.8 Å². The number of hydrogen-bond acceptors (Lipinski definition) is 8. The quantitative estimate of drug-likeness (QED) is 0.292. The molecule has 2 aliphatic heterocycles. The Kier molecular flexibility index (Phi) is 8.58. The van der Waals surface area contributed by atoms with Gasteiger partial charge in [-0.15, -0.1) is 0 Å². The highest BCUT2D eigenvalue weighted by Crippen LogP contribution is 2.42. The molecule has 0 unspecified atom stereocenters. The number of carbonyl (C=O) groups excluding carboxylic acids is 2. The number of likely N-dealkylation sites (tertiary alicyclic amines) is 1. The number of hydrogen-bond donors (Lipinski definition) is 2. The SMILES string of the molecule is COc1cc([C@@H]2C(=C(O)c3ccc(OCC(C)C)cc3C)C(=O)C(=O)N2CCN2CCOCC2)ccc1O. The number of aliphatic hydroxyl groups is 1. The van der Waals surface area contributed by atoms with Gasteiger partial charge in [0.15, 0.2) is 11.5 Å². The summed E-state index contributed by atoms with van der Waals surface area (Å²) in [7, 11) is 1.43. The van der Waals surface area contributed by atoms with Crippen LogP contribution in [-0.4, -0.2) is 84.8 Å². The van der Waals surface area contributed by atoms with E-state index in [0.717, 1.165) is 13.1 Å². The van der Waals surface area contributed by atoms with E-state index in [1.54, 1.807) is 24.3 Å². The van der Waals surface area contributed by atoms with Gasteiger partial charge in [0.25, 0.3) is 11.7 Å². The number of amides is 1. The second-order valence-electron chi connectivity index (χ2n) is 10.1. The van der Waals surface area contributed by atoms with E-state index < -0.39 is 17.7 Å². The number of carbonyl (C=O) groups is 2. The number of morpholine rings is 1. The highest BCUT2D eigenvalue weighted by molar-refractivity contribution is 6.46. The van der Waals surface area contributed by atoms with E-state index >= 15 is 0 Å². The molecular weight excluding hydrogens is 488 g/mol. The van der Waals surface area contributed by atoms with Gasteiger partial charge in [0.2, 0.25) is 0 Å². The second-order valence-corrected chi connectivity index (χ2v) is 10.1. The topological polar surface area (TPSA) is 109 Å². The van der Waals surface area contributed by atoms with Gasteiger partial charge < -0.3 is 29.3 Å². The maximum absolute atomic E-state index is 13.4. The Morgan fingerprint density at radius 3 is 2.50 bits per heavy atom. The maximum atomic E-state index is 13.4. The summed E-state index contributed by atoms with van der Waals surface area (Å²) >= 11 is 0. The summed E-state index contributed by atoms with van der Waals surface area (Å²) in [6.45, 7) is 10.1. The van der Waals surface area contributed by atoms with Crippen molar-refractivity contribution in [2.75, 3.05) is 53.1 Å². The van der Waals surface area contributed by atoms with Gasteiger partial charge in [-0.1, -0.05) is 19.9 Å². The molecule has 1 amide bonds. The van der Waals surface area contributed by atoms with E-state index in [4.69, 9.17) is 14.2 Å². The number of aliphatic hydroxyl groups excluding tert-OH is 1. The van der Waals surface area contributed by atoms with Gasteiger partial charge in [0.05, 0.1) is 38.5 Å². The van der Waals surface area contributed by atoms with Gasteiger partial charge in [-0.3, -0.25) is 14.5 Å². The molecule has 0 bridgehead atoms. The van der Waals surface area contributed by atoms with Crippen LogP contribution in [0.25, 0.3) is 5.76 Å². The van der Waals surface area contributed by atoms with E-state index in [-0.39, 0.29) is 29.4 Å². The van der Waals surface area contributed by atoms with Crippen LogP contribution in [-0.2, 0) is 14.3 Å². The minimum absolute atomic E-state index is 0.00340. The number of nitrogens with zero attached hydrogens (tertiary/aromatic N) is 2. The monoisotopic (exact) mass is 524 g/mol. The number of Topliss-reactive ketones (excluding diaryl/α,β-unsaturated/α-hetero) is 1. The first kappa shape index (κ1) is 27.5. The minimum atomic E-state index is -0.846. The zero-order valence-corrected chi connectivity index (χ0v) is 22.4. The lowest BCUT2D eigenvalue weighted by Gasteiger charge is -2.31. The molecule has 0 spiro atoms. The molecule has 0 aromatic heterocycles. The Balaban J connectivity index is 1.75. The van der Waals surface area contributed by atoms with Crippen LogP contribution < -0.4 is 9.47 Å². The van der Waals surface area contributed by atoms with Gasteiger partial charge in [-0.05, 0) is 54.3 Å². The summed E-state index contributed by atoms with van der Waals surface area (Å²) in [5.41, 5.74) is 1.72. The summed E-state index contributed by atoms with van der Waals surface area (Å²) < 4.78 is 16.5. The van der Waals surface area contributed by atoms with E-state index in [1.165, 1.54) is 18.1 Å². The Hall–Kier alpha value is -3.56. The van der Waals surface area contributed by atoms with Crippen molar-refractivity contribution in [2.45, 2.75) is 26.8 Å². The molecule has 2 aromatic carbocycles. The highest BCUT2D eigenvalue weighted by Gasteiger charge is 2.46. The van der Waals surface area contributed by atoms with Crippen molar-refractivity contribution in [2.24, 2.45) is 5.92 Å². The Labute approximate surface area is 223 Å². The van der Waals surface area contributed by atoms with Crippen LogP contribution in [0.2, 0.25) is 0 Å². The Bertz CT molecular complexity index is 1220. The average molecular weight is 525 g/mol. The Morgan fingerprint density at radius 1 is 1.11 bits per heavy atom. The van der Waals surface area contributed by atoms with Gasteiger partial charge in [0, 0.05) is 31.7 Å². The van der Waals surface area contributed by atoms with Crippen molar-refractivity contribution in [1.29, 1.82) is 0 Å². The molecule has 1 atom stereocenters. The summed E-state index contributed by atoms with van der Waals surface area (Å²) in [5, 5.41) is 21.6. The second kappa shape index (κ2) is 11.9. The van der Waals surface area contributed by atoms with Crippen LogP contribution in [0.3, 0.4) is 0 Å². The number of rotatable bonds is 9. The summed E-state index contributed by atoms with van der Waals surface area (Å²) in [5.74, 6) is -0.495. The van der Waals surface area contributed by atoms with Crippen molar-refractivity contribution < 1.29 is 34.0 Å². The lowest BCUT2D eigenvalue weighted by molar-refractivity contribution is -0.140. The Morgan fingerprint density at radius 2 is 1.84 bits per heavy atom. The smallest absolute Gasteiger partial charge is 0.295 e. The normalized spacial score (nSPS) is 19.8. The largest absolute Gasteiger partial charge is 0.507 e. The zero-order chi connectivity index (χ0) is 27.4. The number of benzene rings is 2. The number of ether oxygens (including phenoxy) is 3. The molecule has 9 heteroatoms. The first-order valence-electron chi connectivity index (χ1n) is 12.9. The minimum Gasteiger partial charge on any atom is -0.507 e. The third-order valence-corrected chi connectivity index (χ3v) is 6.86. The number of methoxy groups -OCH3 is 1. The predicted octanol–water partition coefficient (Wildman–Crippen LogP) is 3.50. The molecular formula is C29H36N2O7. The molecule has 2 N–H and O–H groups in total. The van der Waals surface area contributed by atoms with Gasteiger partial charge in [-0.2, -0.15) is 0 Å². The van der Waals surface area contributed by atoms with Crippen molar-refractivity contribution in [3.05, 3.63) is 58.7 Å². The number of aryl methyl sites for hydroxylation is 1. The molecule has 2 aromatic rings. The van der Waals surface area contributed by atoms with Crippen LogP contribution >= 0.6 is 0 Å². The van der Waals surface area contributed by atoms with Crippen molar-refractivity contribution in [1.82, 2.24) is 9.80 Å². The number of ketones is 1. The molecule has 4 rings (SSSR count). The third-order valence-electron chi connectivity index (χ3n) is 6.86. The van der Waals surface area contributed by atoms with Crippen LogP contribution in [0.5, 0.6) is 17.2 Å². The van der Waals surface area contributed by atoms with E-state index in [1.807, 2.05) is 13.0 Å². The predicted molar refractivity (Wildman–Crippen MR) is 142 cm³/mol. The van der Waals surface area contributed by atoms with Crippen LogP contribution in [0.15, 0.2) is 42.0 Å². The first-order chi connectivity index (χ1) is 18.2. The summed E-state index contributed by atoms with van der Waals surface area (Å²) in [4.78, 5) is 30.4. The van der Waals surface area contributed by atoms with Crippen molar-refractivity contribution in [3.8, 4) is 17.2 Å². The molecule has 2 heterocycles. The van der Waals surface area contributed by atoms with E-state index in [9.17, 15) is 19.8 Å². The number of phenolic OH excluding ortho intramolecular Hbond substituents is 1. The summed E-state index contributed by atoms with van der Waals surface area (Å²) in [6.07, 6.45) is 0.